The molecule has 2 aromatic rings. The minimum atomic E-state index is -3.56. The highest BCUT2D eigenvalue weighted by molar-refractivity contribution is 14.1. The van der Waals surface area contributed by atoms with Crippen LogP contribution in [0.25, 0.3) is 0 Å². The molecule has 0 bridgehead atoms. The highest BCUT2D eigenvalue weighted by atomic mass is 127. The number of sulfonamides is 1. The molecule has 6 heteroatoms. The second kappa shape index (κ2) is 5.23. The first-order chi connectivity index (χ1) is 8.47. The molecule has 0 amide bonds. The molecular formula is C12H11IN2O2S. The molecule has 94 valence electrons. The van der Waals surface area contributed by atoms with Crippen molar-refractivity contribution in [2.45, 2.75) is 11.8 Å². The van der Waals surface area contributed by atoms with Gasteiger partial charge in [0.05, 0.1) is 4.90 Å². The van der Waals surface area contributed by atoms with Crippen LogP contribution in [0.2, 0.25) is 0 Å². The van der Waals surface area contributed by atoms with Crippen molar-refractivity contribution in [1.29, 1.82) is 0 Å². The molecule has 0 atom stereocenters. The highest BCUT2D eigenvalue weighted by Crippen LogP contribution is 2.15. The van der Waals surface area contributed by atoms with Crippen LogP contribution in [0.4, 0.5) is 5.82 Å². The molecule has 0 saturated carbocycles. The van der Waals surface area contributed by atoms with Crippen molar-refractivity contribution in [3.63, 3.8) is 0 Å². The number of hydrogen-bond acceptors (Lipinski definition) is 3. The van der Waals surface area contributed by atoms with E-state index in [1.165, 1.54) is 0 Å². The van der Waals surface area contributed by atoms with E-state index in [1.54, 1.807) is 36.5 Å². The minimum absolute atomic E-state index is 0.239. The van der Waals surface area contributed by atoms with Crippen LogP contribution in [0.15, 0.2) is 47.5 Å². The van der Waals surface area contributed by atoms with Crippen LogP contribution >= 0.6 is 22.6 Å². The van der Waals surface area contributed by atoms with Crippen molar-refractivity contribution in [2.24, 2.45) is 0 Å². The van der Waals surface area contributed by atoms with Gasteiger partial charge in [-0.15, -0.1) is 0 Å². The van der Waals surface area contributed by atoms with Gasteiger partial charge in [-0.25, -0.2) is 13.4 Å². The van der Waals surface area contributed by atoms with Gasteiger partial charge >= 0.3 is 0 Å². The van der Waals surface area contributed by atoms with E-state index in [0.717, 1.165) is 9.13 Å². The molecule has 0 radical (unpaired) electrons. The molecule has 2 rings (SSSR count). The number of aromatic nitrogens is 1. The largest absolute Gasteiger partial charge is 0.263 e. The summed E-state index contributed by atoms with van der Waals surface area (Å²) in [6, 6.07) is 10.2. The molecule has 0 aliphatic carbocycles. The third kappa shape index (κ3) is 3.20. The number of halogens is 1. The molecule has 0 aliphatic rings. The summed E-state index contributed by atoms with van der Waals surface area (Å²) < 4.78 is 27.6. The first kappa shape index (κ1) is 13.3. The smallest absolute Gasteiger partial charge is 0.263 e. The van der Waals surface area contributed by atoms with E-state index < -0.39 is 10.0 Å². The highest BCUT2D eigenvalue weighted by Gasteiger charge is 2.14. The molecule has 1 aromatic heterocycles. The van der Waals surface area contributed by atoms with Crippen LogP contribution in [-0.4, -0.2) is 13.4 Å². The predicted molar refractivity (Wildman–Crippen MR) is 78.9 cm³/mol. The summed E-state index contributed by atoms with van der Waals surface area (Å²) in [5, 5.41) is 0. The Morgan fingerprint density at radius 3 is 2.61 bits per heavy atom. The van der Waals surface area contributed by atoms with E-state index in [-0.39, 0.29) is 4.90 Å². The van der Waals surface area contributed by atoms with E-state index >= 15 is 0 Å². The average Bonchev–Trinajstić information content (AvgIpc) is 2.32. The molecule has 0 aliphatic heterocycles. The predicted octanol–water partition coefficient (Wildman–Crippen LogP) is 2.80. The number of nitrogens with one attached hydrogen (secondary N) is 1. The summed E-state index contributed by atoms with van der Waals surface area (Å²) in [4.78, 5) is 4.25. The van der Waals surface area contributed by atoms with Crippen LogP contribution < -0.4 is 4.72 Å². The van der Waals surface area contributed by atoms with E-state index in [1.807, 2.05) is 13.0 Å². The average molecular weight is 374 g/mol. The van der Waals surface area contributed by atoms with Crippen LogP contribution in [0, 0.1) is 10.5 Å². The zero-order valence-electron chi connectivity index (χ0n) is 9.59. The van der Waals surface area contributed by atoms with Crippen molar-refractivity contribution in [2.75, 3.05) is 4.72 Å². The Balaban J connectivity index is 2.30. The topological polar surface area (TPSA) is 59.1 Å². The van der Waals surface area contributed by atoms with Gasteiger partial charge in [-0.2, -0.15) is 0 Å². The summed E-state index contributed by atoms with van der Waals surface area (Å²) in [5.41, 5.74) is 0.897. The Bertz CT molecular complexity index is 654. The molecule has 1 N–H and O–H groups in total. The third-order valence-electron chi connectivity index (χ3n) is 2.27. The van der Waals surface area contributed by atoms with Crippen LogP contribution in [0.1, 0.15) is 5.56 Å². The monoisotopic (exact) mass is 374 g/mol. The fraction of sp³-hybridized carbons (Fsp3) is 0.0833. The van der Waals surface area contributed by atoms with Crippen molar-refractivity contribution >= 4 is 38.4 Å². The number of benzene rings is 1. The molecule has 4 nitrogen and oxygen atoms in total. The van der Waals surface area contributed by atoms with E-state index in [2.05, 4.69) is 32.3 Å². The first-order valence-electron chi connectivity index (χ1n) is 5.18. The van der Waals surface area contributed by atoms with Gasteiger partial charge in [0.2, 0.25) is 0 Å². The lowest BCUT2D eigenvalue weighted by Gasteiger charge is -2.07. The van der Waals surface area contributed by atoms with Gasteiger partial charge in [-0.1, -0.05) is 12.1 Å². The standard InChI is InChI=1S/C12H11IN2O2S/c1-9-3-2-4-11(7-9)18(16,17)15-12-6-5-10(13)8-14-12/h2-8H,1H3,(H,14,15). The number of anilines is 1. The van der Waals surface area contributed by atoms with Gasteiger partial charge in [-0.05, 0) is 59.3 Å². The fourth-order valence-corrected chi connectivity index (χ4v) is 2.85. The maximum atomic E-state index is 12.1. The van der Waals surface area contributed by atoms with Crippen molar-refractivity contribution < 1.29 is 8.42 Å². The zero-order valence-corrected chi connectivity index (χ0v) is 12.6. The number of pyridine rings is 1. The van der Waals surface area contributed by atoms with E-state index in [0.29, 0.717) is 5.82 Å². The summed E-state index contributed by atoms with van der Waals surface area (Å²) in [6.45, 7) is 1.85. The van der Waals surface area contributed by atoms with E-state index in [4.69, 9.17) is 0 Å². The third-order valence-corrected chi connectivity index (χ3v) is 4.26. The quantitative estimate of drug-likeness (QED) is 0.841. The maximum absolute atomic E-state index is 12.1. The lowest BCUT2D eigenvalue weighted by Crippen LogP contribution is -2.13. The number of nitrogens with zero attached hydrogens (tertiary/aromatic N) is 1. The second-order valence-corrected chi connectivity index (χ2v) is 6.71. The Morgan fingerprint density at radius 2 is 2.00 bits per heavy atom. The summed E-state index contributed by atoms with van der Waals surface area (Å²) in [5.74, 6) is 0.317. The van der Waals surface area contributed by atoms with E-state index in [9.17, 15) is 8.42 Å². The number of aryl methyl sites for hydroxylation is 1. The fourth-order valence-electron chi connectivity index (χ4n) is 1.42. The Labute approximate surface area is 120 Å². The summed E-state index contributed by atoms with van der Waals surface area (Å²) in [6.07, 6.45) is 1.61. The van der Waals surface area contributed by atoms with Gasteiger partial charge in [0.15, 0.2) is 0 Å². The Kier molecular flexibility index (Phi) is 3.86. The molecule has 0 spiro atoms. The Hall–Kier alpha value is -1.15. The molecule has 0 saturated heterocycles. The molecule has 18 heavy (non-hydrogen) atoms. The second-order valence-electron chi connectivity index (χ2n) is 3.78. The zero-order chi connectivity index (χ0) is 13.2. The van der Waals surface area contributed by atoms with Crippen molar-refractivity contribution in [3.05, 3.63) is 51.7 Å². The lowest BCUT2D eigenvalue weighted by molar-refractivity contribution is 0.601. The molecule has 0 fully saturated rings. The molecule has 1 aromatic carbocycles. The first-order valence-corrected chi connectivity index (χ1v) is 7.75. The summed E-state index contributed by atoms with van der Waals surface area (Å²) >= 11 is 2.11. The number of hydrogen-bond donors (Lipinski definition) is 1. The van der Waals surface area contributed by atoms with Gasteiger partial charge in [0, 0.05) is 9.77 Å². The van der Waals surface area contributed by atoms with Gasteiger partial charge in [0.1, 0.15) is 5.82 Å². The lowest BCUT2D eigenvalue weighted by atomic mass is 10.2. The van der Waals surface area contributed by atoms with Crippen LogP contribution in [0.3, 0.4) is 0 Å². The minimum Gasteiger partial charge on any atom is -0.263 e. The molecular weight excluding hydrogens is 363 g/mol. The Morgan fingerprint density at radius 1 is 1.22 bits per heavy atom. The van der Waals surface area contributed by atoms with Crippen molar-refractivity contribution in [3.8, 4) is 0 Å². The van der Waals surface area contributed by atoms with Gasteiger partial charge in [0.25, 0.3) is 10.0 Å². The van der Waals surface area contributed by atoms with Gasteiger partial charge < -0.3 is 0 Å². The van der Waals surface area contributed by atoms with Crippen molar-refractivity contribution in [1.82, 2.24) is 4.98 Å². The maximum Gasteiger partial charge on any atom is 0.263 e. The SMILES string of the molecule is Cc1cccc(S(=O)(=O)Nc2ccc(I)cn2)c1. The van der Waals surface area contributed by atoms with Gasteiger partial charge in [-0.3, -0.25) is 4.72 Å². The summed E-state index contributed by atoms with van der Waals surface area (Å²) in [7, 11) is -3.56. The van der Waals surface area contributed by atoms with Crippen LogP contribution in [0.5, 0.6) is 0 Å². The molecule has 1 heterocycles. The molecule has 0 unspecified atom stereocenters. The number of rotatable bonds is 3. The normalized spacial score (nSPS) is 11.2. The van der Waals surface area contributed by atoms with Crippen LogP contribution in [-0.2, 0) is 10.0 Å².